The van der Waals surface area contributed by atoms with Gasteiger partial charge in [-0.3, -0.25) is 4.79 Å². The summed E-state index contributed by atoms with van der Waals surface area (Å²) in [5, 5.41) is 2.97. The fraction of sp³-hybridized carbons (Fsp3) is 0.381. The van der Waals surface area contributed by atoms with Crippen molar-refractivity contribution >= 4 is 5.91 Å². The molecule has 2 rings (SSSR count). The molecule has 25 heavy (non-hydrogen) atoms. The number of hydrogen-bond donors (Lipinski definition) is 1. The van der Waals surface area contributed by atoms with E-state index in [2.05, 4.69) is 5.32 Å². The number of methoxy groups -OCH3 is 1. The minimum Gasteiger partial charge on any atom is -0.497 e. The molecule has 0 aromatic heterocycles. The molecule has 0 spiro atoms. The summed E-state index contributed by atoms with van der Waals surface area (Å²) in [6, 6.07) is 13.8. The predicted octanol–water partition coefficient (Wildman–Crippen LogP) is 3.83. The highest BCUT2D eigenvalue weighted by Gasteiger charge is 2.19. The molecule has 1 N–H and O–H groups in total. The lowest BCUT2D eigenvalue weighted by molar-refractivity contribution is -0.128. The monoisotopic (exact) mass is 341 g/mol. The summed E-state index contributed by atoms with van der Waals surface area (Å²) in [7, 11) is 1.65. The molecule has 134 valence electrons. The fourth-order valence-corrected chi connectivity index (χ4v) is 2.56. The lowest BCUT2D eigenvalue weighted by Crippen LogP contribution is -2.39. The number of amides is 1. The van der Waals surface area contributed by atoms with Crippen LogP contribution in [0.15, 0.2) is 42.5 Å². The summed E-state index contributed by atoms with van der Waals surface area (Å²) < 4.78 is 11.1. The molecule has 0 aliphatic rings. The number of hydrogen-bond acceptors (Lipinski definition) is 3. The molecule has 2 aromatic rings. The Labute approximate surface area is 150 Å². The van der Waals surface area contributed by atoms with Gasteiger partial charge in [0.2, 0.25) is 0 Å². The molecule has 1 amide bonds. The Balaban J connectivity index is 1.87. The topological polar surface area (TPSA) is 47.6 Å². The molecule has 0 saturated carbocycles. The van der Waals surface area contributed by atoms with E-state index in [1.807, 2.05) is 63.2 Å². The van der Waals surface area contributed by atoms with Gasteiger partial charge < -0.3 is 14.8 Å². The average Bonchev–Trinajstić information content (AvgIpc) is 2.63. The van der Waals surface area contributed by atoms with E-state index >= 15 is 0 Å². The molecule has 0 unspecified atom stereocenters. The highest BCUT2D eigenvalue weighted by atomic mass is 16.5. The van der Waals surface area contributed by atoms with E-state index in [0.717, 1.165) is 34.6 Å². The van der Waals surface area contributed by atoms with Gasteiger partial charge in [-0.15, -0.1) is 0 Å². The van der Waals surface area contributed by atoms with E-state index in [4.69, 9.17) is 9.47 Å². The van der Waals surface area contributed by atoms with Crippen molar-refractivity contribution in [3.8, 4) is 11.5 Å². The number of aryl methyl sites for hydroxylation is 1. The molecule has 4 nitrogen and oxygen atoms in total. The molecule has 0 aliphatic carbocycles. The molecule has 0 radical (unpaired) electrons. The van der Waals surface area contributed by atoms with Crippen LogP contribution in [0.3, 0.4) is 0 Å². The van der Waals surface area contributed by atoms with E-state index in [1.54, 1.807) is 7.11 Å². The molecule has 0 fully saturated rings. The van der Waals surface area contributed by atoms with Crippen molar-refractivity contribution in [2.75, 3.05) is 13.7 Å². The van der Waals surface area contributed by atoms with Crippen LogP contribution >= 0.6 is 0 Å². The summed E-state index contributed by atoms with van der Waals surface area (Å²) in [5.74, 6) is 1.54. The van der Waals surface area contributed by atoms with Crippen LogP contribution in [0.4, 0.5) is 0 Å². The highest BCUT2D eigenvalue weighted by molar-refractivity contribution is 5.81. The van der Waals surface area contributed by atoms with Gasteiger partial charge in [0.1, 0.15) is 11.5 Å². The van der Waals surface area contributed by atoms with Gasteiger partial charge in [0.05, 0.1) is 7.11 Å². The lowest BCUT2D eigenvalue weighted by atomic mass is 10.1. The third-order valence-corrected chi connectivity index (χ3v) is 4.36. The lowest BCUT2D eigenvalue weighted by Gasteiger charge is -2.19. The SMILES string of the molecule is CC[C@H](Oc1cccc(C)c1C)C(=O)NCCc1ccc(OC)cc1. The zero-order valence-corrected chi connectivity index (χ0v) is 15.5. The smallest absolute Gasteiger partial charge is 0.261 e. The summed E-state index contributed by atoms with van der Waals surface area (Å²) in [6.07, 6.45) is 0.925. The van der Waals surface area contributed by atoms with Crippen molar-refractivity contribution in [1.82, 2.24) is 5.32 Å². The second-order valence-corrected chi connectivity index (χ2v) is 6.10. The molecule has 0 aliphatic heterocycles. The molecule has 0 heterocycles. The van der Waals surface area contributed by atoms with Crippen LogP contribution in [0.2, 0.25) is 0 Å². The van der Waals surface area contributed by atoms with Crippen LogP contribution < -0.4 is 14.8 Å². The maximum Gasteiger partial charge on any atom is 0.261 e. The average molecular weight is 341 g/mol. The third kappa shape index (κ3) is 5.24. The van der Waals surface area contributed by atoms with Gasteiger partial charge in [-0.05, 0) is 61.6 Å². The molecule has 1 atom stereocenters. The van der Waals surface area contributed by atoms with E-state index in [-0.39, 0.29) is 5.91 Å². The second kappa shape index (κ2) is 9.11. The number of benzene rings is 2. The van der Waals surface area contributed by atoms with Gasteiger partial charge in [0, 0.05) is 6.54 Å². The minimum atomic E-state index is -0.476. The zero-order valence-electron chi connectivity index (χ0n) is 15.5. The van der Waals surface area contributed by atoms with Gasteiger partial charge in [0.25, 0.3) is 5.91 Å². The Morgan fingerprint density at radius 3 is 2.48 bits per heavy atom. The minimum absolute atomic E-state index is 0.0723. The van der Waals surface area contributed by atoms with E-state index in [1.165, 1.54) is 0 Å². The maximum atomic E-state index is 12.4. The van der Waals surface area contributed by atoms with Crippen LogP contribution in [0.1, 0.15) is 30.0 Å². The Hall–Kier alpha value is -2.49. The second-order valence-electron chi connectivity index (χ2n) is 6.10. The van der Waals surface area contributed by atoms with Crippen molar-refractivity contribution in [2.24, 2.45) is 0 Å². The Morgan fingerprint density at radius 2 is 1.84 bits per heavy atom. The molecular formula is C21H27NO3. The first-order chi connectivity index (χ1) is 12.0. The quantitative estimate of drug-likeness (QED) is 0.794. The van der Waals surface area contributed by atoms with Crippen molar-refractivity contribution in [3.05, 3.63) is 59.2 Å². The Kier molecular flexibility index (Phi) is 6.87. The standard InChI is InChI=1S/C21H27NO3/c1-5-19(25-20-8-6-7-15(2)16(20)3)21(23)22-14-13-17-9-11-18(24-4)12-10-17/h6-12,19H,5,13-14H2,1-4H3,(H,22,23)/t19-/m0/s1. The van der Waals surface area contributed by atoms with Crippen molar-refractivity contribution < 1.29 is 14.3 Å². The normalized spacial score (nSPS) is 11.7. The van der Waals surface area contributed by atoms with Gasteiger partial charge in [-0.25, -0.2) is 0 Å². The van der Waals surface area contributed by atoms with Crippen LogP contribution in [0.5, 0.6) is 11.5 Å². The van der Waals surface area contributed by atoms with Crippen LogP contribution in [-0.4, -0.2) is 25.7 Å². The number of rotatable bonds is 8. The van der Waals surface area contributed by atoms with Gasteiger partial charge in [-0.2, -0.15) is 0 Å². The molecule has 0 bridgehead atoms. The molecule has 2 aromatic carbocycles. The van der Waals surface area contributed by atoms with Crippen molar-refractivity contribution in [3.63, 3.8) is 0 Å². The first kappa shape index (κ1) is 18.8. The Bertz CT molecular complexity index is 695. The molecule has 0 saturated heterocycles. The fourth-order valence-electron chi connectivity index (χ4n) is 2.56. The van der Waals surface area contributed by atoms with Crippen LogP contribution in [-0.2, 0) is 11.2 Å². The predicted molar refractivity (Wildman–Crippen MR) is 100 cm³/mol. The summed E-state index contributed by atoms with van der Waals surface area (Å²) in [5.41, 5.74) is 3.39. The summed E-state index contributed by atoms with van der Waals surface area (Å²) in [4.78, 5) is 12.4. The van der Waals surface area contributed by atoms with Gasteiger partial charge >= 0.3 is 0 Å². The number of ether oxygens (including phenoxy) is 2. The Morgan fingerprint density at radius 1 is 1.12 bits per heavy atom. The molecular weight excluding hydrogens is 314 g/mol. The van der Waals surface area contributed by atoms with E-state index in [0.29, 0.717) is 13.0 Å². The van der Waals surface area contributed by atoms with E-state index in [9.17, 15) is 4.79 Å². The van der Waals surface area contributed by atoms with Crippen molar-refractivity contribution in [1.29, 1.82) is 0 Å². The third-order valence-electron chi connectivity index (χ3n) is 4.36. The first-order valence-corrected chi connectivity index (χ1v) is 8.68. The van der Waals surface area contributed by atoms with E-state index < -0.39 is 6.10 Å². The number of carbonyl (C=O) groups excluding carboxylic acids is 1. The van der Waals surface area contributed by atoms with Gasteiger partial charge in [-0.1, -0.05) is 31.2 Å². The number of carbonyl (C=O) groups is 1. The first-order valence-electron chi connectivity index (χ1n) is 8.68. The highest BCUT2D eigenvalue weighted by Crippen LogP contribution is 2.22. The zero-order chi connectivity index (χ0) is 18.2. The van der Waals surface area contributed by atoms with Crippen molar-refractivity contribution in [2.45, 2.75) is 39.7 Å². The summed E-state index contributed by atoms with van der Waals surface area (Å²) in [6.45, 7) is 6.59. The van der Waals surface area contributed by atoms with Crippen LogP contribution in [0.25, 0.3) is 0 Å². The maximum absolute atomic E-state index is 12.4. The number of nitrogens with one attached hydrogen (secondary N) is 1. The summed E-state index contributed by atoms with van der Waals surface area (Å²) >= 11 is 0. The largest absolute Gasteiger partial charge is 0.497 e. The van der Waals surface area contributed by atoms with Gasteiger partial charge in [0.15, 0.2) is 6.10 Å². The molecule has 4 heteroatoms. The van der Waals surface area contributed by atoms with Crippen LogP contribution in [0, 0.1) is 13.8 Å².